The van der Waals surface area contributed by atoms with Crippen molar-refractivity contribution in [2.24, 2.45) is 10.8 Å². The molecule has 0 N–H and O–H groups in total. The Morgan fingerprint density at radius 2 is 1.79 bits per heavy atom. The number of rotatable bonds is 4. The van der Waals surface area contributed by atoms with Gasteiger partial charge in [0.25, 0.3) is 0 Å². The molecule has 1 saturated heterocycles. The minimum atomic E-state index is -0.253. The minimum Gasteiger partial charge on any atom is -0.365 e. The first kappa shape index (κ1) is 21.2. The number of anilines is 1. The molecule has 2 atom stereocenters. The van der Waals surface area contributed by atoms with Gasteiger partial charge in [-0.3, -0.25) is 0 Å². The Hall–Kier alpha value is -3.35. The van der Waals surface area contributed by atoms with Crippen LogP contribution in [0.15, 0.2) is 55.0 Å². The zero-order chi connectivity index (χ0) is 23.5. The Balaban J connectivity index is 1.33. The number of aromatic nitrogens is 5. The van der Waals surface area contributed by atoms with Gasteiger partial charge in [-0.1, -0.05) is 39.0 Å². The highest BCUT2D eigenvalue weighted by molar-refractivity contribution is 5.89. The van der Waals surface area contributed by atoms with Gasteiger partial charge in [0, 0.05) is 24.3 Å². The van der Waals surface area contributed by atoms with E-state index in [1.807, 2.05) is 30.6 Å². The Bertz CT molecular complexity index is 1360. The summed E-state index contributed by atoms with van der Waals surface area (Å²) in [7, 11) is 0. The minimum absolute atomic E-state index is 0.253. The number of benzene rings is 1. The predicted octanol–water partition coefficient (Wildman–Crippen LogP) is 5.48. The third-order valence-electron chi connectivity index (χ3n) is 7.38. The maximum atomic E-state index is 14.3. The maximum absolute atomic E-state index is 14.3. The summed E-state index contributed by atoms with van der Waals surface area (Å²) in [5.74, 6) is 0.305. The van der Waals surface area contributed by atoms with Crippen molar-refractivity contribution >= 4 is 16.7 Å². The standard InChI is InChI=1S/C27H29FN6/c1-26(2)11-19-12-27(3,16-26)17-33(19)20-13-30-24(31-14-20)23-21-8-6-10-29-25(21)34(32-23)15-18-7-4-5-9-22(18)28/h4-10,13-14,19H,11-12,15-17H2,1-3H3/t19-,27-/m1/s1. The van der Waals surface area contributed by atoms with Gasteiger partial charge in [-0.15, -0.1) is 0 Å². The number of fused-ring (bicyclic) bond motifs is 3. The van der Waals surface area contributed by atoms with Crippen LogP contribution >= 0.6 is 0 Å². The lowest BCUT2D eigenvalue weighted by Crippen LogP contribution is -2.34. The van der Waals surface area contributed by atoms with Gasteiger partial charge in [-0.05, 0) is 48.3 Å². The molecule has 7 heteroatoms. The fourth-order valence-corrected chi connectivity index (χ4v) is 6.43. The molecule has 1 aromatic carbocycles. The number of pyridine rings is 1. The van der Waals surface area contributed by atoms with Gasteiger partial charge < -0.3 is 4.90 Å². The highest BCUT2D eigenvalue weighted by atomic mass is 19.1. The summed E-state index contributed by atoms with van der Waals surface area (Å²) in [6.07, 6.45) is 9.26. The Morgan fingerprint density at radius 3 is 2.59 bits per heavy atom. The average Bonchev–Trinajstić information content (AvgIpc) is 3.29. The van der Waals surface area contributed by atoms with Crippen LogP contribution in [0.25, 0.3) is 22.6 Å². The highest BCUT2D eigenvalue weighted by Crippen LogP contribution is 2.53. The lowest BCUT2D eigenvalue weighted by atomic mass is 9.65. The summed E-state index contributed by atoms with van der Waals surface area (Å²) in [5.41, 5.74) is 3.71. The van der Waals surface area contributed by atoms with E-state index in [1.54, 1.807) is 23.0 Å². The molecule has 1 aliphatic carbocycles. The molecule has 4 heterocycles. The fraction of sp³-hybridized carbons (Fsp3) is 0.407. The predicted molar refractivity (Wildman–Crippen MR) is 131 cm³/mol. The van der Waals surface area contributed by atoms with Crippen LogP contribution in [0.5, 0.6) is 0 Å². The van der Waals surface area contributed by atoms with E-state index in [0.717, 1.165) is 17.6 Å². The van der Waals surface area contributed by atoms with Crippen molar-refractivity contribution in [3.05, 3.63) is 66.4 Å². The Labute approximate surface area is 198 Å². The molecule has 2 aliphatic rings. The molecule has 4 aromatic rings. The summed E-state index contributed by atoms with van der Waals surface area (Å²) < 4.78 is 16.0. The van der Waals surface area contributed by atoms with Gasteiger partial charge >= 0.3 is 0 Å². The molecule has 2 fully saturated rings. The fourth-order valence-electron chi connectivity index (χ4n) is 6.43. The van der Waals surface area contributed by atoms with E-state index in [1.165, 1.54) is 25.3 Å². The molecule has 0 amide bonds. The van der Waals surface area contributed by atoms with Crippen molar-refractivity contribution < 1.29 is 4.39 Å². The molecule has 0 radical (unpaired) electrons. The first-order valence-electron chi connectivity index (χ1n) is 11.9. The van der Waals surface area contributed by atoms with Gasteiger partial charge in [0.2, 0.25) is 0 Å². The zero-order valence-electron chi connectivity index (χ0n) is 19.9. The molecule has 6 nitrogen and oxygen atoms in total. The summed E-state index contributed by atoms with van der Waals surface area (Å²) in [4.78, 5) is 16.4. The normalized spacial score (nSPS) is 23.5. The van der Waals surface area contributed by atoms with Crippen molar-refractivity contribution in [1.29, 1.82) is 0 Å². The number of hydrogen-bond donors (Lipinski definition) is 0. The number of hydrogen-bond acceptors (Lipinski definition) is 5. The van der Waals surface area contributed by atoms with E-state index in [9.17, 15) is 4.39 Å². The molecule has 34 heavy (non-hydrogen) atoms. The second-order valence-electron chi connectivity index (χ2n) is 11.1. The Morgan fingerprint density at radius 1 is 1.00 bits per heavy atom. The second kappa shape index (κ2) is 7.58. The van der Waals surface area contributed by atoms with Crippen LogP contribution in [-0.4, -0.2) is 37.3 Å². The van der Waals surface area contributed by atoms with Gasteiger partial charge in [0.15, 0.2) is 11.5 Å². The molecule has 3 aromatic heterocycles. The average molecular weight is 457 g/mol. The molecule has 0 unspecified atom stereocenters. The largest absolute Gasteiger partial charge is 0.365 e. The molecule has 2 bridgehead atoms. The molecule has 6 rings (SSSR count). The number of nitrogens with zero attached hydrogens (tertiary/aromatic N) is 6. The van der Waals surface area contributed by atoms with Gasteiger partial charge in [-0.25, -0.2) is 24.0 Å². The Kier molecular flexibility index (Phi) is 4.73. The van der Waals surface area contributed by atoms with Crippen LogP contribution in [-0.2, 0) is 6.54 Å². The molecular weight excluding hydrogens is 427 g/mol. The van der Waals surface area contributed by atoms with E-state index in [-0.39, 0.29) is 5.82 Å². The summed E-state index contributed by atoms with van der Waals surface area (Å²) in [6.45, 7) is 8.53. The monoisotopic (exact) mass is 456 g/mol. The van der Waals surface area contributed by atoms with Crippen LogP contribution in [0, 0.1) is 16.6 Å². The van der Waals surface area contributed by atoms with Crippen LogP contribution in [0.4, 0.5) is 10.1 Å². The van der Waals surface area contributed by atoms with E-state index in [2.05, 4.69) is 30.7 Å². The molecule has 1 saturated carbocycles. The summed E-state index contributed by atoms with van der Waals surface area (Å²) in [6, 6.07) is 11.1. The van der Waals surface area contributed by atoms with Crippen LogP contribution in [0.1, 0.15) is 45.6 Å². The molecule has 0 spiro atoms. The van der Waals surface area contributed by atoms with Crippen LogP contribution in [0.3, 0.4) is 0 Å². The lowest BCUT2D eigenvalue weighted by molar-refractivity contribution is 0.136. The third-order valence-corrected chi connectivity index (χ3v) is 7.38. The highest BCUT2D eigenvalue weighted by Gasteiger charge is 2.49. The van der Waals surface area contributed by atoms with E-state index >= 15 is 0 Å². The van der Waals surface area contributed by atoms with Gasteiger partial charge in [0.05, 0.1) is 30.0 Å². The maximum Gasteiger partial charge on any atom is 0.180 e. The smallest absolute Gasteiger partial charge is 0.180 e. The van der Waals surface area contributed by atoms with Crippen LogP contribution < -0.4 is 4.90 Å². The summed E-state index contributed by atoms with van der Waals surface area (Å²) in [5, 5.41) is 5.61. The van der Waals surface area contributed by atoms with Crippen molar-refractivity contribution in [2.75, 3.05) is 11.4 Å². The van der Waals surface area contributed by atoms with Gasteiger partial charge in [-0.2, -0.15) is 5.10 Å². The van der Waals surface area contributed by atoms with Crippen molar-refractivity contribution in [3.8, 4) is 11.5 Å². The van der Waals surface area contributed by atoms with E-state index in [0.29, 0.717) is 46.1 Å². The summed E-state index contributed by atoms with van der Waals surface area (Å²) >= 11 is 0. The van der Waals surface area contributed by atoms with Gasteiger partial charge in [0.1, 0.15) is 11.5 Å². The van der Waals surface area contributed by atoms with Crippen molar-refractivity contribution in [1.82, 2.24) is 24.7 Å². The van der Waals surface area contributed by atoms with Crippen molar-refractivity contribution in [3.63, 3.8) is 0 Å². The third kappa shape index (κ3) is 3.63. The van der Waals surface area contributed by atoms with E-state index < -0.39 is 0 Å². The molecule has 1 aliphatic heterocycles. The van der Waals surface area contributed by atoms with Crippen molar-refractivity contribution in [2.45, 2.75) is 52.6 Å². The molecule has 174 valence electrons. The first-order chi connectivity index (χ1) is 16.3. The molecular formula is C27H29FN6. The SMILES string of the molecule is CC1(C)C[C@@H]2C[C@@](C)(CN2c2cnc(-c3nn(Cc4ccccc4F)c4ncccc34)nc2)C1. The second-order valence-corrected chi connectivity index (χ2v) is 11.1. The van der Waals surface area contributed by atoms with Crippen LogP contribution in [0.2, 0.25) is 0 Å². The number of halogens is 1. The lowest BCUT2D eigenvalue weighted by Gasteiger charge is -2.39. The first-order valence-corrected chi connectivity index (χ1v) is 11.9. The quantitative estimate of drug-likeness (QED) is 0.407. The van der Waals surface area contributed by atoms with E-state index in [4.69, 9.17) is 15.1 Å². The zero-order valence-corrected chi connectivity index (χ0v) is 19.9. The topological polar surface area (TPSA) is 59.7 Å².